The third kappa shape index (κ3) is 10.3. The van der Waals surface area contributed by atoms with Crippen LogP contribution in [0.4, 0.5) is 9.59 Å². The SMILES string of the molecule is C=CCCCOC(=O)NCCNC(=O)OCC1O[C@@H]2O[C@@](C)(C(=O)O)OC2[C@@H](O)[C@@H]1O[C@@H]1OC(CO)[C@H](O[C@H]2OC(CO)[C@H](O)[C@H](O)C2O)[C@H](O)C1O. The zero-order valence-corrected chi connectivity index (χ0v) is 28.5. The van der Waals surface area contributed by atoms with Crippen LogP contribution in [0.25, 0.3) is 0 Å². The van der Waals surface area contributed by atoms with Crippen LogP contribution in [0.3, 0.4) is 0 Å². The van der Waals surface area contributed by atoms with E-state index in [1.165, 1.54) is 0 Å². The number of alkyl carbamates (subject to hydrolysis) is 2. The maximum atomic E-state index is 12.5. The first-order valence-corrected chi connectivity index (χ1v) is 16.7. The van der Waals surface area contributed by atoms with Crippen molar-refractivity contribution in [3.63, 3.8) is 0 Å². The molecule has 4 heterocycles. The monoisotopic (exact) mass is 772 g/mol. The van der Waals surface area contributed by atoms with Crippen LogP contribution in [0.1, 0.15) is 19.8 Å². The number of allylic oxidation sites excluding steroid dienone is 1. The smallest absolute Gasteiger partial charge is 0.407 e. The lowest BCUT2D eigenvalue weighted by Gasteiger charge is -2.47. The summed E-state index contributed by atoms with van der Waals surface area (Å²) in [6.07, 6.45) is -24.5. The minimum absolute atomic E-state index is 0.0329. The van der Waals surface area contributed by atoms with Crippen molar-refractivity contribution in [3.05, 3.63) is 12.7 Å². The number of nitrogens with one attached hydrogen (secondary N) is 2. The van der Waals surface area contributed by atoms with Gasteiger partial charge in [0.05, 0.1) is 19.8 Å². The zero-order chi connectivity index (χ0) is 39.0. The number of ether oxygens (including phenoxy) is 9. The molecule has 11 N–H and O–H groups in total. The van der Waals surface area contributed by atoms with Crippen molar-refractivity contribution in [2.45, 2.75) is 118 Å². The van der Waals surface area contributed by atoms with Gasteiger partial charge in [0.2, 0.25) is 0 Å². The summed E-state index contributed by atoms with van der Waals surface area (Å²) in [6, 6.07) is 0. The second kappa shape index (κ2) is 19.1. The number of hydrogen-bond donors (Lipinski definition) is 11. The number of fused-ring (bicyclic) bond motifs is 1. The number of rotatable bonds is 16. The largest absolute Gasteiger partial charge is 0.477 e. The molecular weight excluding hydrogens is 724 g/mol. The molecule has 0 saturated carbocycles. The van der Waals surface area contributed by atoms with Gasteiger partial charge >= 0.3 is 18.2 Å². The summed E-state index contributed by atoms with van der Waals surface area (Å²) in [4.78, 5) is 36.0. The summed E-state index contributed by atoms with van der Waals surface area (Å²) >= 11 is 0. The summed E-state index contributed by atoms with van der Waals surface area (Å²) < 4.78 is 49.0. The van der Waals surface area contributed by atoms with E-state index in [1.54, 1.807) is 6.08 Å². The van der Waals surface area contributed by atoms with E-state index in [1.807, 2.05) is 0 Å². The van der Waals surface area contributed by atoms with Crippen molar-refractivity contribution in [1.82, 2.24) is 10.6 Å². The van der Waals surface area contributed by atoms with Gasteiger partial charge in [0, 0.05) is 20.0 Å². The summed E-state index contributed by atoms with van der Waals surface area (Å²) in [5.74, 6) is -3.84. The fourth-order valence-electron chi connectivity index (χ4n) is 5.83. The van der Waals surface area contributed by atoms with Crippen LogP contribution in [-0.4, -0.2) is 202 Å². The average Bonchev–Trinajstić information content (AvgIpc) is 3.49. The van der Waals surface area contributed by atoms with E-state index in [0.29, 0.717) is 12.8 Å². The van der Waals surface area contributed by atoms with Crippen LogP contribution < -0.4 is 10.6 Å². The Bertz CT molecular complexity index is 1230. The Kier molecular flexibility index (Phi) is 15.5. The maximum Gasteiger partial charge on any atom is 0.407 e. The summed E-state index contributed by atoms with van der Waals surface area (Å²) in [5.41, 5.74) is 0. The number of carboxylic acid groups (broad SMARTS) is 1. The van der Waals surface area contributed by atoms with Gasteiger partial charge in [-0.25, -0.2) is 14.4 Å². The number of unbranched alkanes of at least 4 members (excludes halogenated alkanes) is 1. The van der Waals surface area contributed by atoms with Crippen LogP contribution in [0.5, 0.6) is 0 Å². The molecule has 16 atom stereocenters. The first-order valence-electron chi connectivity index (χ1n) is 16.7. The Balaban J connectivity index is 1.40. The predicted molar refractivity (Wildman–Crippen MR) is 166 cm³/mol. The second-order valence-electron chi connectivity index (χ2n) is 12.6. The van der Waals surface area contributed by atoms with Crippen LogP contribution >= 0.6 is 0 Å². The quantitative estimate of drug-likeness (QED) is 0.0515. The molecule has 4 aliphatic heterocycles. The molecule has 4 fully saturated rings. The zero-order valence-electron chi connectivity index (χ0n) is 28.5. The maximum absolute atomic E-state index is 12.5. The molecule has 6 unspecified atom stereocenters. The summed E-state index contributed by atoms with van der Waals surface area (Å²) in [7, 11) is 0. The van der Waals surface area contributed by atoms with Crippen molar-refractivity contribution in [2.24, 2.45) is 0 Å². The first-order chi connectivity index (χ1) is 25.1. The predicted octanol–water partition coefficient (Wildman–Crippen LogP) is -5.28. The highest BCUT2D eigenvalue weighted by Crippen LogP contribution is 2.39. The molecule has 2 amide bonds. The summed E-state index contributed by atoms with van der Waals surface area (Å²) in [5, 5.41) is 97.8. The molecule has 23 nitrogen and oxygen atoms in total. The van der Waals surface area contributed by atoms with Gasteiger partial charge in [-0.15, -0.1) is 6.58 Å². The molecule has 4 aliphatic rings. The molecule has 4 rings (SSSR count). The van der Waals surface area contributed by atoms with E-state index in [0.717, 1.165) is 6.92 Å². The lowest BCUT2D eigenvalue weighted by atomic mass is 9.96. The topological polar surface area (TPSA) is 340 Å². The van der Waals surface area contributed by atoms with Crippen LogP contribution in [0, 0.1) is 0 Å². The average molecular weight is 773 g/mol. The minimum Gasteiger partial charge on any atom is -0.477 e. The molecule has 0 aromatic carbocycles. The van der Waals surface area contributed by atoms with Gasteiger partial charge in [-0.1, -0.05) is 6.08 Å². The highest BCUT2D eigenvalue weighted by molar-refractivity contribution is 5.75. The van der Waals surface area contributed by atoms with Gasteiger partial charge < -0.3 is 99.2 Å². The summed E-state index contributed by atoms with van der Waals surface area (Å²) in [6.45, 7) is 2.29. The third-order valence-corrected chi connectivity index (χ3v) is 8.79. The van der Waals surface area contributed by atoms with Gasteiger partial charge in [0.15, 0.2) is 18.9 Å². The van der Waals surface area contributed by atoms with Gasteiger partial charge in [0.25, 0.3) is 5.79 Å². The molecule has 0 radical (unpaired) electrons. The molecule has 0 bridgehead atoms. The molecule has 0 aliphatic carbocycles. The number of aliphatic hydroxyl groups excluding tert-OH is 8. The number of carbonyl (C=O) groups is 3. The van der Waals surface area contributed by atoms with E-state index < -0.39 is 136 Å². The van der Waals surface area contributed by atoms with E-state index in [4.69, 9.17) is 42.6 Å². The van der Waals surface area contributed by atoms with Crippen LogP contribution in [-0.2, 0) is 47.4 Å². The Hall–Kier alpha value is -2.85. The molecule has 4 saturated heterocycles. The molecule has 0 aromatic rings. The first kappa shape index (κ1) is 42.9. The van der Waals surface area contributed by atoms with E-state index in [2.05, 4.69) is 17.2 Å². The van der Waals surface area contributed by atoms with Crippen molar-refractivity contribution >= 4 is 18.2 Å². The number of hydrogen-bond acceptors (Lipinski definition) is 20. The molecule has 0 spiro atoms. The van der Waals surface area contributed by atoms with Gasteiger partial charge in [0.1, 0.15) is 79.9 Å². The normalized spacial score (nSPS) is 41.2. The van der Waals surface area contributed by atoms with Gasteiger partial charge in [-0.3, -0.25) is 0 Å². The lowest BCUT2D eigenvalue weighted by molar-refractivity contribution is -0.374. The number of carboxylic acids is 1. The van der Waals surface area contributed by atoms with Crippen molar-refractivity contribution in [3.8, 4) is 0 Å². The fraction of sp³-hybridized carbons (Fsp3) is 0.833. The van der Waals surface area contributed by atoms with Crippen molar-refractivity contribution < 1.29 is 103 Å². The van der Waals surface area contributed by atoms with Crippen molar-refractivity contribution in [2.75, 3.05) is 39.5 Å². The Labute approximate surface area is 301 Å². The number of carbonyl (C=O) groups excluding carboxylic acids is 2. The molecule has 304 valence electrons. The Morgan fingerprint density at radius 3 is 1.89 bits per heavy atom. The van der Waals surface area contributed by atoms with E-state index >= 15 is 0 Å². The number of amides is 2. The highest BCUT2D eigenvalue weighted by atomic mass is 16.8. The molecule has 23 heteroatoms. The lowest BCUT2D eigenvalue weighted by Crippen LogP contribution is -2.66. The van der Waals surface area contributed by atoms with Crippen LogP contribution in [0.2, 0.25) is 0 Å². The second-order valence-corrected chi connectivity index (χ2v) is 12.6. The molecule has 0 aromatic heterocycles. The van der Waals surface area contributed by atoms with Gasteiger partial charge in [-0.2, -0.15) is 0 Å². The van der Waals surface area contributed by atoms with E-state index in [-0.39, 0.29) is 19.7 Å². The third-order valence-electron chi connectivity index (χ3n) is 8.79. The van der Waals surface area contributed by atoms with E-state index in [9.17, 15) is 60.3 Å². The molecular formula is C30H48N2O21. The molecule has 53 heavy (non-hydrogen) atoms. The Morgan fingerprint density at radius 1 is 0.736 bits per heavy atom. The fourth-order valence-corrected chi connectivity index (χ4v) is 5.83. The Morgan fingerprint density at radius 2 is 1.30 bits per heavy atom. The standard InChI is InChI=1S/C30H48N2O21/c1-3-4-5-8-45-28(43)31-6-7-32-29(44)46-11-14-22(20(40)23-26(49-14)53-30(2,52-23)27(41)42)51-25-19(39)17(37)21(13(10-34)48-25)50-24-18(38)16(36)15(35)12(9-33)47-24/h3,12-26,33-40H,1,4-11H2,2H3,(H,31,43)(H,32,44)(H,41,42)/t12?,13?,14?,15-,16-,17+,18?,19?,20-,21-,22+,23?,24+,25-,26+,30-/m0/s1. The number of aliphatic hydroxyl groups is 8. The van der Waals surface area contributed by atoms with Gasteiger partial charge in [-0.05, 0) is 12.8 Å². The van der Waals surface area contributed by atoms with Crippen LogP contribution in [0.15, 0.2) is 12.7 Å². The number of aliphatic carboxylic acids is 1. The highest BCUT2D eigenvalue weighted by Gasteiger charge is 2.60. The minimum atomic E-state index is -2.28. The van der Waals surface area contributed by atoms with Crippen molar-refractivity contribution in [1.29, 1.82) is 0 Å².